The summed E-state index contributed by atoms with van der Waals surface area (Å²) in [5.74, 6) is 7.16. The predicted octanol–water partition coefficient (Wildman–Crippen LogP) is 2.31. The van der Waals surface area contributed by atoms with Crippen molar-refractivity contribution >= 4 is 0 Å². The van der Waals surface area contributed by atoms with E-state index in [0.717, 1.165) is 45.3 Å². The number of hydrogen-bond acceptors (Lipinski definition) is 4. The van der Waals surface area contributed by atoms with Gasteiger partial charge in [-0.2, -0.15) is 10.2 Å². The summed E-state index contributed by atoms with van der Waals surface area (Å²) in [5, 5.41) is 11.5. The molecule has 4 aromatic rings. The molecule has 0 fully saturated rings. The summed E-state index contributed by atoms with van der Waals surface area (Å²) in [6.45, 7) is 0. The molecule has 0 radical (unpaired) electrons. The average molecular weight is 356 g/mol. The second kappa shape index (κ2) is 5.88. The molecule has 0 bridgehead atoms. The third-order valence-electron chi connectivity index (χ3n) is 4.80. The van der Waals surface area contributed by atoms with Crippen LogP contribution in [0.25, 0.3) is 16.9 Å². The quantitative estimate of drug-likeness (QED) is 0.468. The van der Waals surface area contributed by atoms with Gasteiger partial charge in [0.25, 0.3) is 0 Å². The molecule has 1 aliphatic heterocycles. The minimum Gasteiger partial charge on any atom is -0.497 e. The fourth-order valence-electron chi connectivity index (χ4n) is 3.39. The topological polar surface area (TPSA) is 73.6 Å². The molecule has 1 aliphatic rings. The Morgan fingerprint density at radius 3 is 2.96 bits per heavy atom. The minimum atomic E-state index is 0.693. The van der Waals surface area contributed by atoms with Gasteiger partial charge in [0.2, 0.25) is 0 Å². The molecule has 0 atom stereocenters. The highest BCUT2D eigenvalue weighted by atomic mass is 16.5. The molecule has 27 heavy (non-hydrogen) atoms. The van der Waals surface area contributed by atoms with Gasteiger partial charge in [0, 0.05) is 24.6 Å². The zero-order valence-corrected chi connectivity index (χ0v) is 14.9. The number of aromatic nitrogens is 6. The van der Waals surface area contributed by atoms with Gasteiger partial charge < -0.3 is 9.30 Å². The maximum absolute atomic E-state index is 5.41. The van der Waals surface area contributed by atoms with Gasteiger partial charge in [-0.25, -0.2) is 4.98 Å². The first-order valence-corrected chi connectivity index (χ1v) is 8.52. The second-order valence-electron chi connectivity index (χ2n) is 6.33. The van der Waals surface area contributed by atoms with Crippen molar-refractivity contribution in [2.24, 2.45) is 7.05 Å². The Kier molecular flexibility index (Phi) is 3.37. The number of aryl methyl sites for hydroxylation is 1. The molecule has 0 amide bonds. The lowest BCUT2D eigenvalue weighted by Crippen LogP contribution is -2.00. The summed E-state index contributed by atoms with van der Waals surface area (Å²) in [6, 6.07) is 7.89. The smallest absolute Gasteiger partial charge is 0.135 e. The lowest BCUT2D eigenvalue weighted by molar-refractivity contribution is 0.415. The van der Waals surface area contributed by atoms with Gasteiger partial charge in [0.05, 0.1) is 36.6 Å². The van der Waals surface area contributed by atoms with Crippen LogP contribution in [0.15, 0.2) is 43.0 Å². The highest BCUT2D eigenvalue weighted by molar-refractivity contribution is 5.76. The number of fused-ring (bicyclic) bond motifs is 5. The molecular formula is C20H16N6O. The minimum absolute atomic E-state index is 0.693. The van der Waals surface area contributed by atoms with Crippen LogP contribution < -0.4 is 4.74 Å². The van der Waals surface area contributed by atoms with Crippen LogP contribution in [0.3, 0.4) is 0 Å². The molecule has 132 valence electrons. The Hall–Kier alpha value is -3.79. The fourth-order valence-corrected chi connectivity index (χ4v) is 3.39. The molecule has 4 heterocycles. The first-order chi connectivity index (χ1) is 13.2. The molecule has 7 nitrogen and oxygen atoms in total. The van der Waals surface area contributed by atoms with Crippen molar-refractivity contribution in [2.45, 2.75) is 6.42 Å². The van der Waals surface area contributed by atoms with Crippen molar-refractivity contribution in [2.75, 3.05) is 7.11 Å². The summed E-state index contributed by atoms with van der Waals surface area (Å²) in [7, 11) is 3.54. The Balaban J connectivity index is 1.69. The number of methoxy groups -OCH3 is 1. The van der Waals surface area contributed by atoms with Gasteiger partial charge in [-0.3, -0.25) is 9.78 Å². The van der Waals surface area contributed by atoms with E-state index in [2.05, 4.69) is 36.7 Å². The number of nitrogens with one attached hydrogen (secondary N) is 1. The zero-order chi connectivity index (χ0) is 18.4. The molecular weight excluding hydrogens is 340 g/mol. The Labute approximate surface area is 155 Å². The third kappa shape index (κ3) is 2.42. The summed E-state index contributed by atoms with van der Waals surface area (Å²) in [6.07, 6.45) is 6.12. The van der Waals surface area contributed by atoms with Crippen molar-refractivity contribution in [3.63, 3.8) is 0 Å². The Bertz CT molecular complexity index is 1220. The standard InChI is InChI=1S/C20H16N6O/c1-25-14(7-8-23-25)3-5-17-19-9-13-11-22-24-20(13)16-10-15(27-2)4-6-18(16)26(19)12-21-17/h4,6-8,10-12H,9H2,1-2H3,(H,22,24). The van der Waals surface area contributed by atoms with E-state index in [1.54, 1.807) is 18.0 Å². The monoisotopic (exact) mass is 356 g/mol. The Morgan fingerprint density at radius 2 is 2.15 bits per heavy atom. The average Bonchev–Trinajstić information content (AvgIpc) is 3.39. The van der Waals surface area contributed by atoms with E-state index in [1.807, 2.05) is 43.8 Å². The van der Waals surface area contributed by atoms with Crippen LogP contribution in [0.4, 0.5) is 0 Å². The van der Waals surface area contributed by atoms with Gasteiger partial charge in [0.15, 0.2) is 0 Å². The highest BCUT2D eigenvalue weighted by Gasteiger charge is 2.23. The number of nitrogens with zero attached hydrogens (tertiary/aromatic N) is 5. The lowest BCUT2D eigenvalue weighted by atomic mass is 10.0. The summed E-state index contributed by atoms with van der Waals surface area (Å²) in [4.78, 5) is 4.57. The maximum Gasteiger partial charge on any atom is 0.135 e. The number of hydrogen-bond donors (Lipinski definition) is 1. The first-order valence-electron chi connectivity index (χ1n) is 8.52. The first kappa shape index (κ1) is 15.5. The number of aromatic amines is 1. The van der Waals surface area contributed by atoms with Gasteiger partial charge in [0.1, 0.15) is 23.5 Å². The van der Waals surface area contributed by atoms with Crippen LogP contribution in [0, 0.1) is 11.8 Å². The summed E-state index contributed by atoms with van der Waals surface area (Å²) < 4.78 is 9.25. The van der Waals surface area contributed by atoms with Crippen molar-refractivity contribution in [1.82, 2.24) is 29.5 Å². The van der Waals surface area contributed by atoms with Crippen molar-refractivity contribution in [1.29, 1.82) is 0 Å². The number of benzene rings is 1. The zero-order valence-electron chi connectivity index (χ0n) is 14.9. The molecule has 7 heteroatoms. The highest BCUT2D eigenvalue weighted by Crippen LogP contribution is 2.36. The summed E-state index contributed by atoms with van der Waals surface area (Å²) >= 11 is 0. The number of H-pyrrole nitrogens is 1. The van der Waals surface area contributed by atoms with Crippen LogP contribution in [-0.2, 0) is 13.5 Å². The van der Waals surface area contributed by atoms with Crippen molar-refractivity contribution in [3.8, 4) is 34.5 Å². The van der Waals surface area contributed by atoms with Gasteiger partial charge in [-0.15, -0.1) is 0 Å². The van der Waals surface area contributed by atoms with E-state index in [0.29, 0.717) is 6.42 Å². The van der Waals surface area contributed by atoms with Gasteiger partial charge in [-0.1, -0.05) is 0 Å². The second-order valence-corrected chi connectivity index (χ2v) is 6.33. The van der Waals surface area contributed by atoms with E-state index in [1.165, 1.54) is 0 Å². The molecule has 1 aromatic carbocycles. The largest absolute Gasteiger partial charge is 0.497 e. The van der Waals surface area contributed by atoms with Crippen LogP contribution in [-0.4, -0.2) is 36.6 Å². The number of imidazole rings is 1. The van der Waals surface area contributed by atoms with Crippen LogP contribution in [0.5, 0.6) is 5.75 Å². The fraction of sp³-hybridized carbons (Fsp3) is 0.150. The SMILES string of the molecule is COc1ccc2c(c1)-c1[nH]ncc1Cc1c(C#Cc3ccnn3C)ncn1-2. The number of ether oxygens (including phenoxy) is 1. The normalized spacial score (nSPS) is 11.6. The Morgan fingerprint density at radius 1 is 1.22 bits per heavy atom. The molecule has 5 rings (SSSR count). The van der Waals surface area contributed by atoms with E-state index in [4.69, 9.17) is 4.74 Å². The third-order valence-corrected chi connectivity index (χ3v) is 4.80. The molecule has 0 aliphatic carbocycles. The van der Waals surface area contributed by atoms with E-state index >= 15 is 0 Å². The molecule has 0 saturated heterocycles. The maximum atomic E-state index is 5.41. The van der Waals surface area contributed by atoms with Crippen LogP contribution in [0.1, 0.15) is 22.6 Å². The molecule has 0 spiro atoms. The van der Waals surface area contributed by atoms with E-state index in [9.17, 15) is 0 Å². The molecule has 0 unspecified atom stereocenters. The predicted molar refractivity (Wildman–Crippen MR) is 99.7 cm³/mol. The molecule has 1 N–H and O–H groups in total. The summed E-state index contributed by atoms with van der Waals surface area (Å²) in [5.41, 5.74) is 6.80. The van der Waals surface area contributed by atoms with Crippen molar-refractivity contribution in [3.05, 3.63) is 65.6 Å². The lowest BCUT2D eigenvalue weighted by Gasteiger charge is -2.11. The van der Waals surface area contributed by atoms with Gasteiger partial charge >= 0.3 is 0 Å². The molecule has 0 saturated carbocycles. The van der Waals surface area contributed by atoms with E-state index < -0.39 is 0 Å². The van der Waals surface area contributed by atoms with Crippen LogP contribution in [0.2, 0.25) is 0 Å². The van der Waals surface area contributed by atoms with Crippen LogP contribution >= 0.6 is 0 Å². The van der Waals surface area contributed by atoms with Gasteiger partial charge in [-0.05, 0) is 36.1 Å². The molecule has 3 aromatic heterocycles. The number of rotatable bonds is 1. The van der Waals surface area contributed by atoms with Crippen molar-refractivity contribution < 1.29 is 4.74 Å². The van der Waals surface area contributed by atoms with E-state index in [-0.39, 0.29) is 0 Å².